The minimum atomic E-state index is -3.28. The van der Waals surface area contributed by atoms with E-state index in [9.17, 15) is 0 Å². The molecule has 0 nitrogen and oxygen atoms in total. The van der Waals surface area contributed by atoms with Crippen molar-refractivity contribution in [1.29, 1.82) is 0 Å². The van der Waals surface area contributed by atoms with Crippen LogP contribution in [0.4, 0.5) is 0 Å². The first-order chi connectivity index (χ1) is 12.0. The summed E-state index contributed by atoms with van der Waals surface area (Å²) in [6.07, 6.45) is 0. The van der Waals surface area contributed by atoms with Gasteiger partial charge >= 0.3 is 150 Å². The molecule has 0 aromatic heterocycles. The third-order valence-corrected chi connectivity index (χ3v) is 73.7. The molecule has 5 atom stereocenters. The van der Waals surface area contributed by atoms with Crippen LogP contribution in [0.2, 0.25) is 41.3 Å². The van der Waals surface area contributed by atoms with Gasteiger partial charge in [-0.15, -0.1) is 12.4 Å². The first kappa shape index (κ1) is 12.8. The van der Waals surface area contributed by atoms with Crippen molar-refractivity contribution in [3.63, 3.8) is 0 Å². The van der Waals surface area contributed by atoms with Crippen molar-refractivity contribution in [2.45, 2.75) is 45.4 Å². The molecule has 10 aliphatic heterocycles. The van der Waals surface area contributed by atoms with Gasteiger partial charge in [-0.2, -0.15) is 0 Å². The van der Waals surface area contributed by atoms with Gasteiger partial charge in [-0.3, -0.25) is 0 Å². The summed E-state index contributed by atoms with van der Waals surface area (Å²) in [7, 11) is -0.154. The first-order valence-electron chi connectivity index (χ1n) is 9.80. The molecule has 12 rings (SSSR count). The molecule has 2 aromatic rings. The minimum absolute atomic E-state index is 0. The summed E-state index contributed by atoms with van der Waals surface area (Å²) in [5, 5.41) is 3.42. The van der Waals surface area contributed by atoms with Crippen LogP contribution in [0.3, 0.4) is 0 Å². The second-order valence-electron chi connectivity index (χ2n) is 12.6. The molecule has 10 aliphatic rings. The van der Waals surface area contributed by atoms with Gasteiger partial charge in [0.2, 0.25) is 0 Å². The molecule has 0 saturated carbocycles. The average Bonchev–Trinajstić information content (AvgIpc) is 3.60. The molecule has 0 N–H and O–H groups in total. The van der Waals surface area contributed by atoms with Gasteiger partial charge in [0.05, 0.1) is 0 Å². The Kier molecular flexibility index (Phi) is 0.735. The monoisotopic (exact) mass is 511 g/mol. The summed E-state index contributed by atoms with van der Waals surface area (Å²) in [6, 6.07) is 23.6. The molecule has 10 saturated heterocycles. The number of halogens is 1. The number of benzene rings is 2. The Morgan fingerprint density at radius 1 is 0.692 bits per heavy atom. The van der Waals surface area contributed by atoms with Crippen LogP contribution < -0.4 is 10.6 Å². The predicted octanol–water partition coefficient (Wildman–Crippen LogP) is 5.71. The predicted molar refractivity (Wildman–Crippen MR) is 102 cm³/mol. The van der Waals surface area contributed by atoms with E-state index in [1.165, 1.54) is 38.5 Å². The zero-order valence-electron chi connectivity index (χ0n) is 13.9. The Hall–Kier alpha value is 0.342. The second-order valence-corrected chi connectivity index (χ2v) is 40.5. The van der Waals surface area contributed by atoms with Crippen LogP contribution in [-0.2, 0) is 25.7 Å². The van der Waals surface area contributed by atoms with Gasteiger partial charge < -0.3 is 0 Å². The van der Waals surface area contributed by atoms with Gasteiger partial charge in [0, 0.05) is 0 Å². The molecule has 4 heteroatoms. The van der Waals surface area contributed by atoms with Gasteiger partial charge in [-0.05, 0) is 0 Å². The Labute approximate surface area is 161 Å². The molecular formula is C22H19ClFePPd. The van der Waals surface area contributed by atoms with Crippen molar-refractivity contribution < 1.29 is 25.7 Å². The van der Waals surface area contributed by atoms with Crippen LogP contribution in [0.15, 0.2) is 60.7 Å². The van der Waals surface area contributed by atoms with Crippen LogP contribution in [0.1, 0.15) is 0 Å². The Morgan fingerprint density at radius 3 is 1.42 bits per heavy atom. The molecule has 0 bridgehead atoms. The van der Waals surface area contributed by atoms with Crippen molar-refractivity contribution in [1.82, 2.24) is 0 Å². The average molecular weight is 512 g/mol. The quantitative estimate of drug-likeness (QED) is 0.365. The Bertz CT molecular complexity index is 1440. The van der Waals surface area contributed by atoms with E-state index in [1.807, 2.05) is 0 Å². The fraction of sp³-hybridized carbons (Fsp3) is 0.455. The van der Waals surface area contributed by atoms with Crippen LogP contribution in [0.5, 0.6) is 0 Å². The molecule has 10 heterocycles. The van der Waals surface area contributed by atoms with Crippen molar-refractivity contribution in [3.8, 4) is 0 Å². The van der Waals surface area contributed by atoms with E-state index in [0.29, 0.717) is 0 Å². The fourth-order valence-electron chi connectivity index (χ4n) is 18.3. The van der Waals surface area contributed by atoms with Gasteiger partial charge in [-0.1, -0.05) is 0 Å². The topological polar surface area (TPSA) is 0 Å². The summed E-state index contributed by atoms with van der Waals surface area (Å²) in [6.45, 7) is -3.28. The second kappa shape index (κ2) is 1.49. The third kappa shape index (κ3) is 0.200. The number of hydrogen-bond acceptors (Lipinski definition) is 0. The number of rotatable bonds is 3. The standard InChI is InChI=1S/C17H13P.C5H5.ClH.Fe.Pd/c1-3-9-15(10-4-1)18(17-13-7-8-14-17)16-11-5-2-6-12-16;1-2-4-5-3-1;;;/h1-13H;1-5H;1H;;. The van der Waals surface area contributed by atoms with E-state index in [0.717, 1.165) is 6.84 Å². The molecule has 2 aromatic carbocycles. The van der Waals surface area contributed by atoms with Crippen LogP contribution in [0.25, 0.3) is 0 Å². The Balaban J connectivity index is 0.00000108. The first-order valence-corrected chi connectivity index (χ1v) is 18.1. The molecule has 10 fully saturated rings. The summed E-state index contributed by atoms with van der Waals surface area (Å²) >= 11 is 4.34. The van der Waals surface area contributed by atoms with Crippen LogP contribution in [-0.4, -0.2) is 4.05 Å². The summed E-state index contributed by atoms with van der Waals surface area (Å²) in [5.41, 5.74) is 0. The summed E-state index contributed by atoms with van der Waals surface area (Å²) < 4.78 is 1.65. The van der Waals surface area contributed by atoms with Crippen molar-refractivity contribution in [2.75, 3.05) is 0 Å². The van der Waals surface area contributed by atoms with E-state index in [2.05, 4.69) is 79.9 Å². The zero-order valence-corrected chi connectivity index (χ0v) is 18.3. The molecule has 0 amide bonds. The van der Waals surface area contributed by atoms with Crippen molar-refractivity contribution in [2.24, 2.45) is 0 Å². The van der Waals surface area contributed by atoms with E-state index >= 15 is 0 Å². The van der Waals surface area contributed by atoms with Crippen LogP contribution >= 0.6 is 20.3 Å². The molecule has 0 radical (unpaired) electrons. The van der Waals surface area contributed by atoms with Crippen LogP contribution in [0, 0.1) is 0 Å². The molecule has 0 aliphatic carbocycles. The maximum atomic E-state index is 4.34. The number of fused-ring (bicyclic) bond motifs is 10. The van der Waals surface area contributed by atoms with Crippen molar-refractivity contribution >= 4 is 30.9 Å². The number of hydrogen-bond donors (Lipinski definition) is 0. The molecular weight excluding hydrogens is 493 g/mol. The van der Waals surface area contributed by atoms with Crippen molar-refractivity contribution in [3.05, 3.63) is 60.7 Å². The zero-order chi connectivity index (χ0) is 15.7. The maximum absolute atomic E-state index is 4.34. The van der Waals surface area contributed by atoms with Gasteiger partial charge in [0.1, 0.15) is 0 Å². The van der Waals surface area contributed by atoms with E-state index in [4.69, 9.17) is 0 Å². The molecule has 137 valence electrons. The fourth-order valence-corrected chi connectivity index (χ4v) is 119. The normalized spacial score (nSPS) is 84.4. The van der Waals surface area contributed by atoms with Gasteiger partial charge in [-0.25, -0.2) is 0 Å². The summed E-state index contributed by atoms with van der Waals surface area (Å²) in [5.74, 6) is 0. The van der Waals surface area contributed by atoms with Gasteiger partial charge in [0.25, 0.3) is 0 Å². The van der Waals surface area contributed by atoms with E-state index in [1.54, 1.807) is 10.6 Å². The SMILES string of the molecule is Cl.[Pd][C]12[CH]3[CH]4[CH]5[C]1(P(c1ccccc1)c1ccccc1)[Fe]43521678[CH]2[CH]1[CH]6[CH]7[CH]28. The molecule has 1 spiro atoms. The van der Waals surface area contributed by atoms with Gasteiger partial charge in [0.15, 0.2) is 0 Å². The van der Waals surface area contributed by atoms with E-state index < -0.39 is 6.51 Å². The third-order valence-electron chi connectivity index (χ3n) is 16.9. The molecule has 5 unspecified atom stereocenters. The molecule has 26 heavy (non-hydrogen) atoms. The van der Waals surface area contributed by atoms with E-state index in [-0.39, 0.29) is 20.3 Å². The Morgan fingerprint density at radius 2 is 1.15 bits per heavy atom. The summed E-state index contributed by atoms with van der Waals surface area (Å²) in [4.78, 5) is 10.9.